The van der Waals surface area contributed by atoms with E-state index in [0.29, 0.717) is 0 Å². The van der Waals surface area contributed by atoms with Crippen LogP contribution in [0.25, 0.3) is 20.9 Å². The molecule has 0 unspecified atom stereocenters. The standard InChI is InChI=1S/C22H23N5OS2/c1-14-6-2-3-7-15(14)13-29-22-26-25-20(27(22)12-16-8-5-11-28-16)19-18(23)17-9-4-10-24-21(17)30-19/h2-4,6-7,9-10,16H,5,8,11-13,23H2,1H3/t16-/m0/s1. The van der Waals surface area contributed by atoms with Crippen LogP contribution in [-0.4, -0.2) is 32.5 Å². The second-order valence-electron chi connectivity index (χ2n) is 7.47. The lowest BCUT2D eigenvalue weighted by Crippen LogP contribution is -2.16. The molecular formula is C22H23N5OS2. The molecule has 1 aromatic carbocycles. The molecule has 6 nitrogen and oxygen atoms in total. The van der Waals surface area contributed by atoms with Crippen LogP contribution in [0.3, 0.4) is 0 Å². The van der Waals surface area contributed by atoms with Crippen LogP contribution in [-0.2, 0) is 17.0 Å². The number of thiophene rings is 1. The fourth-order valence-electron chi connectivity index (χ4n) is 3.75. The van der Waals surface area contributed by atoms with Crippen molar-refractivity contribution in [1.82, 2.24) is 19.7 Å². The third kappa shape index (κ3) is 3.71. The summed E-state index contributed by atoms with van der Waals surface area (Å²) >= 11 is 3.28. The number of nitrogens with two attached hydrogens (primary N) is 1. The largest absolute Gasteiger partial charge is 0.397 e. The highest BCUT2D eigenvalue weighted by Crippen LogP contribution is 2.40. The third-order valence-electron chi connectivity index (χ3n) is 5.45. The molecule has 4 heterocycles. The molecule has 2 N–H and O–H groups in total. The van der Waals surface area contributed by atoms with Crippen molar-refractivity contribution in [3.8, 4) is 10.7 Å². The number of rotatable bonds is 6. The number of nitrogen functional groups attached to an aromatic ring is 1. The molecule has 8 heteroatoms. The predicted molar refractivity (Wildman–Crippen MR) is 123 cm³/mol. The first-order valence-corrected chi connectivity index (χ1v) is 11.9. The molecule has 1 saturated heterocycles. The van der Waals surface area contributed by atoms with E-state index >= 15 is 0 Å². The number of hydrogen-bond donors (Lipinski definition) is 1. The van der Waals surface area contributed by atoms with Gasteiger partial charge in [0, 0.05) is 23.9 Å². The minimum Gasteiger partial charge on any atom is -0.397 e. The molecule has 0 aliphatic carbocycles. The van der Waals surface area contributed by atoms with Gasteiger partial charge in [-0.2, -0.15) is 0 Å². The Kier molecular flexibility index (Phi) is 5.45. The van der Waals surface area contributed by atoms with Gasteiger partial charge in [-0.1, -0.05) is 36.0 Å². The number of ether oxygens (including phenoxy) is 1. The first kappa shape index (κ1) is 19.5. The molecule has 5 rings (SSSR count). The fraction of sp³-hybridized carbons (Fsp3) is 0.318. The van der Waals surface area contributed by atoms with E-state index in [1.165, 1.54) is 11.1 Å². The molecule has 0 saturated carbocycles. The van der Waals surface area contributed by atoms with Crippen molar-refractivity contribution in [2.75, 3.05) is 12.3 Å². The van der Waals surface area contributed by atoms with Gasteiger partial charge >= 0.3 is 0 Å². The zero-order valence-electron chi connectivity index (χ0n) is 16.7. The van der Waals surface area contributed by atoms with Gasteiger partial charge < -0.3 is 10.5 Å². The Morgan fingerprint density at radius 3 is 2.93 bits per heavy atom. The highest BCUT2D eigenvalue weighted by Gasteiger charge is 2.24. The second kappa shape index (κ2) is 8.37. The van der Waals surface area contributed by atoms with E-state index in [-0.39, 0.29) is 6.10 Å². The van der Waals surface area contributed by atoms with Crippen molar-refractivity contribution in [3.63, 3.8) is 0 Å². The number of aromatic nitrogens is 4. The SMILES string of the molecule is Cc1ccccc1CSc1nnc(-c2sc3ncccc3c2N)n1C[C@@H]1CCCO1. The molecule has 1 fully saturated rings. The lowest BCUT2D eigenvalue weighted by molar-refractivity contribution is 0.0953. The third-order valence-corrected chi connectivity index (χ3v) is 7.59. The number of anilines is 1. The summed E-state index contributed by atoms with van der Waals surface area (Å²) in [4.78, 5) is 6.31. The minimum atomic E-state index is 0.186. The molecular weight excluding hydrogens is 414 g/mol. The number of aryl methyl sites for hydroxylation is 1. The van der Waals surface area contributed by atoms with Crippen molar-refractivity contribution in [1.29, 1.82) is 0 Å². The molecule has 0 bridgehead atoms. The summed E-state index contributed by atoms with van der Waals surface area (Å²) in [5.41, 5.74) is 9.81. The van der Waals surface area contributed by atoms with Crippen LogP contribution in [0.1, 0.15) is 24.0 Å². The van der Waals surface area contributed by atoms with Crippen LogP contribution in [0.4, 0.5) is 5.69 Å². The molecule has 4 aromatic rings. The average molecular weight is 438 g/mol. The molecule has 154 valence electrons. The molecule has 1 atom stereocenters. The normalized spacial score (nSPS) is 16.5. The summed E-state index contributed by atoms with van der Waals surface area (Å²) < 4.78 is 8.10. The second-order valence-corrected chi connectivity index (χ2v) is 9.41. The van der Waals surface area contributed by atoms with Gasteiger partial charge in [0.25, 0.3) is 0 Å². The highest BCUT2D eigenvalue weighted by atomic mass is 32.2. The molecule has 30 heavy (non-hydrogen) atoms. The van der Waals surface area contributed by atoms with Gasteiger partial charge in [-0.3, -0.25) is 4.57 Å². The van der Waals surface area contributed by atoms with E-state index < -0.39 is 0 Å². The highest BCUT2D eigenvalue weighted by molar-refractivity contribution is 7.98. The Labute approximate surface area is 183 Å². The topological polar surface area (TPSA) is 78.9 Å². The Hall–Kier alpha value is -2.42. The Morgan fingerprint density at radius 2 is 2.13 bits per heavy atom. The van der Waals surface area contributed by atoms with Gasteiger partial charge in [-0.15, -0.1) is 21.5 Å². The molecule has 0 spiro atoms. The number of nitrogens with zero attached hydrogens (tertiary/aromatic N) is 4. The average Bonchev–Trinajstić information content (AvgIpc) is 3.48. The van der Waals surface area contributed by atoms with Gasteiger partial charge in [0.1, 0.15) is 4.83 Å². The fourth-order valence-corrected chi connectivity index (χ4v) is 5.83. The smallest absolute Gasteiger partial charge is 0.191 e. The van der Waals surface area contributed by atoms with Crippen LogP contribution in [0, 0.1) is 6.92 Å². The van der Waals surface area contributed by atoms with Crippen molar-refractivity contribution in [2.45, 2.75) is 43.3 Å². The van der Waals surface area contributed by atoms with E-state index in [2.05, 4.69) is 50.9 Å². The zero-order valence-corrected chi connectivity index (χ0v) is 18.4. The quantitative estimate of drug-likeness (QED) is 0.432. The zero-order chi connectivity index (χ0) is 20.5. The lowest BCUT2D eigenvalue weighted by Gasteiger charge is -2.14. The molecule has 1 aliphatic heterocycles. The minimum absolute atomic E-state index is 0.186. The summed E-state index contributed by atoms with van der Waals surface area (Å²) in [7, 11) is 0. The Morgan fingerprint density at radius 1 is 1.23 bits per heavy atom. The molecule has 0 amide bonds. The summed E-state index contributed by atoms with van der Waals surface area (Å²) in [5.74, 6) is 1.65. The number of hydrogen-bond acceptors (Lipinski definition) is 7. The molecule has 0 radical (unpaired) electrons. The van der Waals surface area contributed by atoms with Crippen molar-refractivity contribution >= 4 is 39.0 Å². The van der Waals surface area contributed by atoms with E-state index in [1.807, 2.05) is 12.1 Å². The maximum absolute atomic E-state index is 6.49. The van der Waals surface area contributed by atoms with Gasteiger partial charge in [0.15, 0.2) is 11.0 Å². The number of benzene rings is 1. The van der Waals surface area contributed by atoms with Crippen LogP contribution < -0.4 is 5.73 Å². The van der Waals surface area contributed by atoms with Gasteiger partial charge in [-0.05, 0) is 43.0 Å². The van der Waals surface area contributed by atoms with E-state index in [9.17, 15) is 0 Å². The summed E-state index contributed by atoms with van der Waals surface area (Å²) in [6.07, 6.45) is 4.14. The van der Waals surface area contributed by atoms with Crippen LogP contribution in [0.2, 0.25) is 0 Å². The number of pyridine rings is 1. The van der Waals surface area contributed by atoms with E-state index in [1.54, 1.807) is 29.3 Å². The summed E-state index contributed by atoms with van der Waals surface area (Å²) in [5, 5.41) is 11.0. The van der Waals surface area contributed by atoms with E-state index in [4.69, 9.17) is 10.5 Å². The number of thioether (sulfide) groups is 1. The molecule has 1 aliphatic rings. The molecule has 3 aromatic heterocycles. The predicted octanol–water partition coefficient (Wildman–Crippen LogP) is 4.92. The summed E-state index contributed by atoms with van der Waals surface area (Å²) in [6.45, 7) is 3.70. The Balaban J connectivity index is 1.51. The van der Waals surface area contributed by atoms with Gasteiger partial charge in [0.05, 0.1) is 23.2 Å². The van der Waals surface area contributed by atoms with E-state index in [0.717, 1.165) is 63.5 Å². The lowest BCUT2D eigenvalue weighted by atomic mass is 10.1. The maximum atomic E-state index is 6.49. The summed E-state index contributed by atoms with van der Waals surface area (Å²) in [6, 6.07) is 12.4. The number of fused-ring (bicyclic) bond motifs is 1. The maximum Gasteiger partial charge on any atom is 0.191 e. The van der Waals surface area contributed by atoms with Crippen molar-refractivity contribution < 1.29 is 4.74 Å². The monoisotopic (exact) mass is 437 g/mol. The van der Waals surface area contributed by atoms with Gasteiger partial charge in [0.2, 0.25) is 0 Å². The van der Waals surface area contributed by atoms with Crippen LogP contribution >= 0.6 is 23.1 Å². The first-order valence-electron chi connectivity index (χ1n) is 10.1. The van der Waals surface area contributed by atoms with Crippen LogP contribution in [0.5, 0.6) is 0 Å². The Bertz CT molecular complexity index is 1180. The van der Waals surface area contributed by atoms with Crippen molar-refractivity contribution in [3.05, 3.63) is 53.7 Å². The van der Waals surface area contributed by atoms with Crippen molar-refractivity contribution in [2.24, 2.45) is 0 Å². The first-order chi connectivity index (χ1) is 14.7. The van der Waals surface area contributed by atoms with Gasteiger partial charge in [-0.25, -0.2) is 4.98 Å². The van der Waals surface area contributed by atoms with Crippen LogP contribution in [0.15, 0.2) is 47.8 Å².